The minimum atomic E-state index is -5.30. The number of methoxy groups -OCH3 is 1. The van der Waals surface area contributed by atoms with E-state index in [0.29, 0.717) is 48.3 Å². The van der Waals surface area contributed by atoms with Crippen molar-refractivity contribution < 1.29 is 41.7 Å². The summed E-state index contributed by atoms with van der Waals surface area (Å²) in [5.74, 6) is -3.13. The number of hydrazine groups is 1. The van der Waals surface area contributed by atoms with Crippen LogP contribution in [-0.2, 0) is 9.59 Å². The first-order valence-corrected chi connectivity index (χ1v) is 13.6. The summed E-state index contributed by atoms with van der Waals surface area (Å²) in [5.41, 5.74) is 11.6. The predicted molar refractivity (Wildman–Crippen MR) is 162 cm³/mol. The highest BCUT2D eigenvalue weighted by molar-refractivity contribution is 5.99. The van der Waals surface area contributed by atoms with Gasteiger partial charge in [0.1, 0.15) is 41.5 Å². The van der Waals surface area contributed by atoms with Crippen molar-refractivity contribution >= 4 is 29.1 Å². The molecule has 0 aliphatic rings. The number of carbonyl (C=O) groups excluding carboxylic acids is 2. The second-order valence-electron chi connectivity index (χ2n) is 9.73. The molecule has 0 saturated heterocycles. The number of anilines is 2. The van der Waals surface area contributed by atoms with E-state index in [9.17, 15) is 22.8 Å². The van der Waals surface area contributed by atoms with Crippen LogP contribution in [0.2, 0.25) is 0 Å². The van der Waals surface area contributed by atoms with Gasteiger partial charge in [-0.25, -0.2) is 4.79 Å². The standard InChI is InChI=1S/C30H35F3N6O6/c1-5-43-20-14-18(15-21(17-20)44-13-12-39(2)3)26(28(40)38-37-23-8-6-7-9-24(23)42-4)36-19-10-11-22(27(34)35)25(16-19)45-29(41)30(31,32)33/h6-11,14-17,26,36-37H,5,12-13H2,1-4H3,(H3,34,35)(H,38,40). The Morgan fingerprint density at radius 1 is 1.00 bits per heavy atom. The van der Waals surface area contributed by atoms with Crippen LogP contribution in [0.3, 0.4) is 0 Å². The van der Waals surface area contributed by atoms with Gasteiger partial charge in [-0.1, -0.05) is 12.1 Å². The highest BCUT2D eigenvalue weighted by atomic mass is 19.4. The van der Waals surface area contributed by atoms with Crippen LogP contribution >= 0.6 is 0 Å². The Kier molecular flexibility index (Phi) is 11.8. The molecular weight excluding hydrogens is 597 g/mol. The number of amidine groups is 1. The van der Waals surface area contributed by atoms with Gasteiger partial charge in [-0.2, -0.15) is 13.2 Å². The average molecular weight is 633 g/mol. The fraction of sp³-hybridized carbons (Fsp3) is 0.300. The first-order chi connectivity index (χ1) is 21.3. The first kappa shape index (κ1) is 34.3. The summed E-state index contributed by atoms with van der Waals surface area (Å²) < 4.78 is 60.4. The van der Waals surface area contributed by atoms with E-state index in [4.69, 9.17) is 25.4 Å². The molecule has 6 N–H and O–H groups in total. The van der Waals surface area contributed by atoms with Crippen LogP contribution in [0.4, 0.5) is 24.5 Å². The summed E-state index contributed by atoms with van der Waals surface area (Å²) in [6.07, 6.45) is -5.30. The van der Waals surface area contributed by atoms with Crippen molar-refractivity contribution in [1.82, 2.24) is 10.3 Å². The third kappa shape index (κ3) is 9.92. The Labute approximate surface area is 258 Å². The number of carbonyl (C=O) groups is 2. The zero-order valence-corrected chi connectivity index (χ0v) is 25.1. The fourth-order valence-electron chi connectivity index (χ4n) is 3.93. The lowest BCUT2D eigenvalue weighted by molar-refractivity contribution is -0.189. The second kappa shape index (κ2) is 15.5. The third-order valence-corrected chi connectivity index (χ3v) is 6.06. The van der Waals surface area contributed by atoms with Crippen LogP contribution in [0.5, 0.6) is 23.0 Å². The molecule has 15 heteroatoms. The number of alkyl halides is 3. The Morgan fingerprint density at radius 2 is 1.69 bits per heavy atom. The van der Waals surface area contributed by atoms with Gasteiger partial charge in [-0.3, -0.25) is 21.1 Å². The lowest BCUT2D eigenvalue weighted by atomic mass is 10.0. The summed E-state index contributed by atoms with van der Waals surface area (Å²) in [6.45, 7) is 3.06. The van der Waals surface area contributed by atoms with Gasteiger partial charge in [0, 0.05) is 24.4 Å². The molecule has 1 unspecified atom stereocenters. The number of nitrogens with one attached hydrogen (secondary N) is 4. The van der Waals surface area contributed by atoms with Gasteiger partial charge < -0.3 is 34.9 Å². The molecule has 0 heterocycles. The van der Waals surface area contributed by atoms with Crippen LogP contribution < -0.4 is 40.8 Å². The molecule has 0 aliphatic carbocycles. The number of benzene rings is 3. The summed E-state index contributed by atoms with van der Waals surface area (Å²) in [5, 5.41) is 10.7. The van der Waals surface area contributed by atoms with Crippen LogP contribution in [-0.4, -0.2) is 69.8 Å². The fourth-order valence-corrected chi connectivity index (χ4v) is 3.93. The van der Waals surface area contributed by atoms with Crippen molar-refractivity contribution in [2.45, 2.75) is 19.1 Å². The number of likely N-dealkylation sites (N-methyl/N-ethyl adjacent to an activating group) is 1. The number of nitrogens with zero attached hydrogens (tertiary/aromatic N) is 1. The highest BCUT2D eigenvalue weighted by Gasteiger charge is 2.42. The smallest absolute Gasteiger partial charge is 0.491 e. The molecule has 0 spiro atoms. The van der Waals surface area contributed by atoms with Crippen molar-refractivity contribution in [2.75, 3.05) is 51.7 Å². The van der Waals surface area contributed by atoms with E-state index in [1.54, 1.807) is 49.4 Å². The van der Waals surface area contributed by atoms with Crippen LogP contribution in [0.15, 0.2) is 60.7 Å². The Hall–Kier alpha value is -5.18. The maximum Gasteiger partial charge on any atom is 0.491 e. The zero-order chi connectivity index (χ0) is 33.1. The van der Waals surface area contributed by atoms with Crippen molar-refractivity contribution in [1.29, 1.82) is 5.41 Å². The number of esters is 1. The Morgan fingerprint density at radius 3 is 2.31 bits per heavy atom. The lowest BCUT2D eigenvalue weighted by Crippen LogP contribution is -2.37. The van der Waals surface area contributed by atoms with E-state index >= 15 is 0 Å². The molecule has 0 radical (unpaired) electrons. The maximum absolute atomic E-state index is 13.7. The topological polar surface area (TPSA) is 160 Å². The van der Waals surface area contributed by atoms with Gasteiger partial charge in [0.05, 0.1) is 25.0 Å². The summed E-state index contributed by atoms with van der Waals surface area (Å²) in [4.78, 5) is 27.3. The van der Waals surface area contributed by atoms with Crippen molar-refractivity contribution in [2.24, 2.45) is 5.73 Å². The summed E-state index contributed by atoms with van der Waals surface area (Å²) in [6, 6.07) is 14.1. The van der Waals surface area contributed by atoms with Crippen LogP contribution in [0.25, 0.3) is 0 Å². The van der Waals surface area contributed by atoms with Crippen molar-refractivity contribution in [3.63, 3.8) is 0 Å². The molecule has 0 fully saturated rings. The quantitative estimate of drug-likeness (QED) is 0.0543. The SMILES string of the molecule is CCOc1cc(OCCN(C)C)cc(C(Nc2ccc(C(=N)N)c(OC(=O)C(F)(F)F)c2)C(=O)NNc2ccccc2OC)c1. The van der Waals surface area contributed by atoms with Crippen LogP contribution in [0, 0.1) is 5.41 Å². The maximum atomic E-state index is 13.7. The van der Waals surface area contributed by atoms with E-state index < -0.39 is 35.7 Å². The van der Waals surface area contributed by atoms with Gasteiger partial charge in [0.25, 0.3) is 5.91 Å². The average Bonchev–Trinajstić information content (AvgIpc) is 2.98. The van der Waals surface area contributed by atoms with E-state index in [1.165, 1.54) is 19.2 Å². The Bertz CT molecular complexity index is 1500. The first-order valence-electron chi connectivity index (χ1n) is 13.6. The second-order valence-corrected chi connectivity index (χ2v) is 9.73. The number of halogens is 3. The monoisotopic (exact) mass is 632 g/mol. The molecule has 1 amide bonds. The van der Waals surface area contributed by atoms with Gasteiger partial charge in [-0.05, 0) is 63.0 Å². The summed E-state index contributed by atoms with van der Waals surface area (Å²) >= 11 is 0. The number of para-hydroxylation sites is 2. The molecule has 0 saturated carbocycles. The normalized spacial score (nSPS) is 11.7. The molecule has 3 aromatic rings. The molecule has 3 aromatic carbocycles. The van der Waals surface area contributed by atoms with Gasteiger partial charge in [0.2, 0.25) is 0 Å². The van der Waals surface area contributed by atoms with Gasteiger partial charge in [0.15, 0.2) is 0 Å². The van der Waals surface area contributed by atoms with E-state index in [2.05, 4.69) is 20.9 Å². The number of rotatable bonds is 15. The van der Waals surface area contributed by atoms with Gasteiger partial charge >= 0.3 is 12.1 Å². The number of ether oxygens (including phenoxy) is 4. The van der Waals surface area contributed by atoms with Gasteiger partial charge in [-0.15, -0.1) is 0 Å². The molecule has 1 atom stereocenters. The third-order valence-electron chi connectivity index (χ3n) is 6.06. The van der Waals surface area contributed by atoms with E-state index in [0.717, 1.165) is 6.07 Å². The number of hydrogen-bond acceptors (Lipinski definition) is 10. The van der Waals surface area contributed by atoms with Crippen LogP contribution in [0.1, 0.15) is 24.1 Å². The minimum absolute atomic E-state index is 0.0688. The van der Waals surface area contributed by atoms with Crippen molar-refractivity contribution in [3.8, 4) is 23.0 Å². The number of amides is 1. The molecular formula is C30H35F3N6O6. The lowest BCUT2D eigenvalue weighted by Gasteiger charge is -2.23. The number of hydrogen-bond donors (Lipinski definition) is 5. The highest BCUT2D eigenvalue weighted by Crippen LogP contribution is 2.32. The van der Waals surface area contributed by atoms with E-state index in [-0.39, 0.29) is 11.3 Å². The Balaban J connectivity index is 2.04. The number of nitrogens with two attached hydrogens (primary N) is 1. The van der Waals surface area contributed by atoms with E-state index in [1.807, 2.05) is 19.0 Å². The largest absolute Gasteiger partial charge is 0.495 e. The molecule has 0 aliphatic heterocycles. The summed E-state index contributed by atoms with van der Waals surface area (Å²) in [7, 11) is 5.25. The molecule has 45 heavy (non-hydrogen) atoms. The zero-order valence-electron chi connectivity index (χ0n) is 25.1. The molecule has 3 rings (SSSR count). The molecule has 12 nitrogen and oxygen atoms in total. The molecule has 0 aromatic heterocycles. The molecule has 242 valence electrons. The van der Waals surface area contributed by atoms with Crippen molar-refractivity contribution in [3.05, 3.63) is 71.8 Å². The minimum Gasteiger partial charge on any atom is -0.495 e. The molecule has 0 bridgehead atoms. The predicted octanol–water partition coefficient (Wildman–Crippen LogP) is 4.08. The number of nitrogen functional groups attached to an aromatic ring is 1.